The number of hydrogen-bond acceptors (Lipinski definition) is 1. The molecular weight excluding hydrogens is 208 g/mol. The zero-order chi connectivity index (χ0) is 12.3. The van der Waals surface area contributed by atoms with Crippen LogP contribution in [0.1, 0.15) is 71.6 Å². The van der Waals surface area contributed by atoms with Crippen LogP contribution in [0, 0.1) is 11.3 Å². The summed E-state index contributed by atoms with van der Waals surface area (Å²) in [6.07, 6.45) is 13.4. The molecule has 2 aliphatic carbocycles. The summed E-state index contributed by atoms with van der Waals surface area (Å²) in [6.45, 7) is 4.59. The lowest BCUT2D eigenvalue weighted by Crippen LogP contribution is -2.36. The standard InChI is InChI=1S/C16H28O/c1-13(2)12-16(10-6-7-11-16)15(17)14-8-4-3-5-9-14/h8,13,15,17H,3-7,9-12H2,1-2H3. The molecule has 0 aliphatic heterocycles. The highest BCUT2D eigenvalue weighted by Crippen LogP contribution is 2.48. The normalized spacial score (nSPS) is 26.0. The summed E-state index contributed by atoms with van der Waals surface area (Å²) in [5, 5.41) is 10.8. The van der Waals surface area contributed by atoms with Crippen LogP contribution in [0.3, 0.4) is 0 Å². The molecule has 98 valence electrons. The maximum absolute atomic E-state index is 10.8. The Morgan fingerprint density at radius 2 is 1.88 bits per heavy atom. The van der Waals surface area contributed by atoms with E-state index in [1.54, 1.807) is 0 Å². The molecule has 0 saturated heterocycles. The van der Waals surface area contributed by atoms with Gasteiger partial charge in [0.2, 0.25) is 0 Å². The average Bonchev–Trinajstić information content (AvgIpc) is 2.78. The molecule has 1 saturated carbocycles. The maximum atomic E-state index is 10.8. The van der Waals surface area contributed by atoms with Crippen molar-refractivity contribution < 1.29 is 5.11 Å². The molecule has 0 amide bonds. The number of aliphatic hydroxyl groups is 1. The smallest absolute Gasteiger partial charge is 0.0806 e. The van der Waals surface area contributed by atoms with Crippen LogP contribution in [0.2, 0.25) is 0 Å². The van der Waals surface area contributed by atoms with Gasteiger partial charge in [-0.3, -0.25) is 0 Å². The van der Waals surface area contributed by atoms with Gasteiger partial charge in [-0.1, -0.05) is 32.8 Å². The van der Waals surface area contributed by atoms with Gasteiger partial charge in [-0.15, -0.1) is 0 Å². The van der Waals surface area contributed by atoms with Crippen molar-refractivity contribution in [3.05, 3.63) is 11.6 Å². The molecule has 0 bridgehead atoms. The van der Waals surface area contributed by atoms with Crippen LogP contribution >= 0.6 is 0 Å². The molecular formula is C16H28O. The predicted molar refractivity (Wildman–Crippen MR) is 72.9 cm³/mol. The Morgan fingerprint density at radius 3 is 2.41 bits per heavy atom. The molecule has 2 rings (SSSR count). The van der Waals surface area contributed by atoms with E-state index >= 15 is 0 Å². The van der Waals surface area contributed by atoms with Crippen molar-refractivity contribution in [2.24, 2.45) is 11.3 Å². The van der Waals surface area contributed by atoms with E-state index in [2.05, 4.69) is 19.9 Å². The molecule has 1 atom stereocenters. The Bertz CT molecular complexity index is 271. The monoisotopic (exact) mass is 236 g/mol. The second-order valence-electron chi connectivity index (χ2n) is 6.59. The number of rotatable bonds is 4. The Morgan fingerprint density at radius 1 is 1.18 bits per heavy atom. The van der Waals surface area contributed by atoms with Crippen molar-refractivity contribution in [2.45, 2.75) is 77.7 Å². The predicted octanol–water partition coefficient (Wildman–Crippen LogP) is 4.45. The zero-order valence-electron chi connectivity index (χ0n) is 11.5. The van der Waals surface area contributed by atoms with E-state index in [-0.39, 0.29) is 11.5 Å². The van der Waals surface area contributed by atoms with Crippen molar-refractivity contribution in [1.29, 1.82) is 0 Å². The highest BCUT2D eigenvalue weighted by molar-refractivity contribution is 5.16. The minimum absolute atomic E-state index is 0.146. The molecule has 17 heavy (non-hydrogen) atoms. The van der Waals surface area contributed by atoms with Gasteiger partial charge in [0.25, 0.3) is 0 Å². The largest absolute Gasteiger partial charge is 0.388 e. The van der Waals surface area contributed by atoms with E-state index in [1.807, 2.05) is 0 Å². The fraction of sp³-hybridized carbons (Fsp3) is 0.875. The first kappa shape index (κ1) is 13.1. The van der Waals surface area contributed by atoms with E-state index in [9.17, 15) is 5.11 Å². The SMILES string of the molecule is CC(C)CC1(C(O)C2=CCCCC2)CCCC1. The first-order chi connectivity index (χ1) is 8.14. The van der Waals surface area contributed by atoms with Crippen LogP contribution < -0.4 is 0 Å². The summed E-state index contributed by atoms with van der Waals surface area (Å²) in [5.74, 6) is 0.701. The van der Waals surface area contributed by atoms with Gasteiger partial charge >= 0.3 is 0 Å². The van der Waals surface area contributed by atoms with Crippen molar-refractivity contribution in [2.75, 3.05) is 0 Å². The number of aliphatic hydroxyl groups excluding tert-OH is 1. The van der Waals surface area contributed by atoms with E-state index in [1.165, 1.54) is 56.9 Å². The van der Waals surface area contributed by atoms with Crippen LogP contribution in [-0.2, 0) is 0 Å². The molecule has 0 spiro atoms. The highest BCUT2D eigenvalue weighted by Gasteiger charge is 2.42. The van der Waals surface area contributed by atoms with Crippen molar-refractivity contribution in [1.82, 2.24) is 0 Å². The molecule has 1 unspecified atom stereocenters. The fourth-order valence-corrected chi connectivity index (χ4v) is 3.99. The third-order valence-electron chi connectivity index (χ3n) is 4.67. The topological polar surface area (TPSA) is 20.2 Å². The van der Waals surface area contributed by atoms with Crippen molar-refractivity contribution >= 4 is 0 Å². The Kier molecular flexibility index (Phi) is 4.30. The molecule has 0 radical (unpaired) electrons. The van der Waals surface area contributed by atoms with Crippen LogP contribution in [0.25, 0.3) is 0 Å². The number of allylic oxidation sites excluding steroid dienone is 1. The second-order valence-corrected chi connectivity index (χ2v) is 6.59. The van der Waals surface area contributed by atoms with E-state index in [0.29, 0.717) is 5.92 Å². The van der Waals surface area contributed by atoms with Gasteiger partial charge in [-0.25, -0.2) is 0 Å². The van der Waals surface area contributed by atoms with Crippen LogP contribution in [0.15, 0.2) is 11.6 Å². The maximum Gasteiger partial charge on any atom is 0.0806 e. The fourth-order valence-electron chi connectivity index (χ4n) is 3.99. The molecule has 1 N–H and O–H groups in total. The number of hydrogen-bond donors (Lipinski definition) is 1. The highest BCUT2D eigenvalue weighted by atomic mass is 16.3. The molecule has 1 heteroatoms. The first-order valence-electron chi connectivity index (χ1n) is 7.51. The Hall–Kier alpha value is -0.300. The van der Waals surface area contributed by atoms with Gasteiger partial charge in [-0.2, -0.15) is 0 Å². The Balaban J connectivity index is 2.12. The third kappa shape index (κ3) is 2.93. The van der Waals surface area contributed by atoms with E-state index < -0.39 is 0 Å². The summed E-state index contributed by atoms with van der Waals surface area (Å²) in [4.78, 5) is 0. The third-order valence-corrected chi connectivity index (χ3v) is 4.67. The quantitative estimate of drug-likeness (QED) is 0.715. The second kappa shape index (κ2) is 5.56. The Labute approximate surface area is 106 Å². The van der Waals surface area contributed by atoms with Gasteiger partial charge in [0.05, 0.1) is 6.10 Å². The summed E-state index contributed by atoms with van der Waals surface area (Å²) < 4.78 is 0. The lowest BCUT2D eigenvalue weighted by Gasteiger charge is -2.38. The minimum atomic E-state index is -0.146. The van der Waals surface area contributed by atoms with E-state index in [4.69, 9.17) is 0 Å². The summed E-state index contributed by atoms with van der Waals surface area (Å²) in [6, 6.07) is 0. The van der Waals surface area contributed by atoms with Crippen LogP contribution in [-0.4, -0.2) is 11.2 Å². The lowest BCUT2D eigenvalue weighted by atomic mass is 9.70. The van der Waals surface area contributed by atoms with E-state index in [0.717, 1.165) is 6.42 Å². The lowest BCUT2D eigenvalue weighted by molar-refractivity contribution is 0.0360. The van der Waals surface area contributed by atoms with Gasteiger partial charge in [0.1, 0.15) is 0 Å². The van der Waals surface area contributed by atoms with Crippen LogP contribution in [0.5, 0.6) is 0 Å². The molecule has 0 aromatic carbocycles. The van der Waals surface area contributed by atoms with Crippen LogP contribution in [0.4, 0.5) is 0 Å². The van der Waals surface area contributed by atoms with Crippen molar-refractivity contribution in [3.8, 4) is 0 Å². The van der Waals surface area contributed by atoms with Gasteiger partial charge < -0.3 is 5.11 Å². The summed E-state index contributed by atoms with van der Waals surface area (Å²) in [7, 11) is 0. The molecule has 0 heterocycles. The van der Waals surface area contributed by atoms with Crippen molar-refractivity contribution in [3.63, 3.8) is 0 Å². The molecule has 0 aromatic rings. The molecule has 0 aromatic heterocycles. The first-order valence-corrected chi connectivity index (χ1v) is 7.51. The van der Waals surface area contributed by atoms with Gasteiger partial charge in [-0.05, 0) is 56.4 Å². The molecule has 2 aliphatic rings. The van der Waals surface area contributed by atoms with Gasteiger partial charge in [0.15, 0.2) is 0 Å². The molecule has 1 nitrogen and oxygen atoms in total. The average molecular weight is 236 g/mol. The van der Waals surface area contributed by atoms with Gasteiger partial charge in [0, 0.05) is 5.41 Å². The molecule has 1 fully saturated rings. The zero-order valence-corrected chi connectivity index (χ0v) is 11.5. The minimum Gasteiger partial charge on any atom is -0.388 e. The summed E-state index contributed by atoms with van der Waals surface area (Å²) in [5.41, 5.74) is 1.58. The summed E-state index contributed by atoms with van der Waals surface area (Å²) >= 11 is 0.